The minimum atomic E-state index is -4.74. The molecule has 0 aromatic heterocycles. The Morgan fingerprint density at radius 3 is 0.660 bits per heavy atom. The van der Waals surface area contributed by atoms with Gasteiger partial charge in [-0.3, -0.25) is 33.8 Å². The highest BCUT2D eigenvalue weighted by Gasteiger charge is 2.13. The van der Waals surface area contributed by atoms with Gasteiger partial charge in [0.1, 0.15) is 40.5 Å². The van der Waals surface area contributed by atoms with Gasteiger partial charge in [-0.15, -0.1) is 0 Å². The standard InChI is InChI=1S/2C10H8O6S2.2CH5N3.2CH5N.2H2O/c2*11-17(12,13)9-5-1-3-7-8(9)4-2-6-10(7)18(14,15)16;2*2-1(3)4;2*1-2;;/h2*1-6H,(H,11,12,13)(H,14,15,16);2*(H5,2,3,4);2*2H2,1H3;2*1H2. The topological polar surface area (TPSA) is 502 Å². The van der Waals surface area contributed by atoms with E-state index in [4.69, 9.17) is 0 Å². The lowest BCUT2D eigenvalue weighted by atomic mass is 10.1. The van der Waals surface area contributed by atoms with Crippen LogP contribution in [-0.2, 0) is 40.5 Å². The van der Waals surface area contributed by atoms with E-state index < -0.39 is 60.1 Å². The molecule has 0 bridgehead atoms. The average Bonchev–Trinajstić information content (AvgIpc) is 2.96. The van der Waals surface area contributed by atoms with E-state index in [1.54, 1.807) is 14.1 Å². The molecule has 4 aromatic rings. The Balaban J connectivity index is -0.000000313. The van der Waals surface area contributed by atoms with Crippen LogP contribution in [0.3, 0.4) is 0 Å². The van der Waals surface area contributed by atoms with Gasteiger partial charge in [-0.05, 0) is 24.3 Å². The van der Waals surface area contributed by atoms with Crippen molar-refractivity contribution in [2.45, 2.75) is 19.6 Å². The molecule has 0 atom stereocenters. The molecule has 0 aliphatic heterocycles. The molecule has 0 radical (unpaired) electrons. The van der Waals surface area contributed by atoms with Crippen LogP contribution in [0.4, 0.5) is 0 Å². The average molecular weight is 793 g/mol. The molecule has 0 unspecified atom stereocenters. The Labute approximate surface area is 287 Å². The predicted octanol–water partition coefficient (Wildman–Crippen LogP) is -8.60. The molecular weight excluding hydrogens is 753 g/mol. The summed E-state index contributed by atoms with van der Waals surface area (Å²) in [6, 6.07) is 14.2. The van der Waals surface area contributed by atoms with Crippen LogP contribution in [0.25, 0.3) is 21.5 Å². The molecule has 4 rings (SSSR count). The second-order valence-electron chi connectivity index (χ2n) is 8.03. The van der Waals surface area contributed by atoms with Crippen LogP contribution in [0, 0.1) is 0 Å². The normalized spacial score (nSPS) is 10.4. The molecule has 22 N–H and O–H groups in total. The molecule has 22 nitrogen and oxygen atoms in total. The van der Waals surface area contributed by atoms with E-state index in [0.29, 0.717) is 0 Å². The highest BCUT2D eigenvalue weighted by Crippen LogP contribution is 2.29. The number of nitrogens with two attached hydrogens (primary N) is 6. The second-order valence-corrected chi connectivity index (χ2v) is 13.4. The van der Waals surface area contributed by atoms with Gasteiger partial charge in [0.25, 0.3) is 0 Å². The molecule has 284 valence electrons. The van der Waals surface area contributed by atoms with E-state index in [-0.39, 0.29) is 44.4 Å². The zero-order valence-corrected chi connectivity index (χ0v) is 29.6. The maximum absolute atomic E-state index is 11.0. The summed E-state index contributed by atoms with van der Waals surface area (Å²) in [5.74, 6) is -0.167. The number of hydrogen-bond acceptors (Lipinski definition) is 12. The maximum atomic E-state index is 11.0. The van der Waals surface area contributed by atoms with Gasteiger partial charge in [-0.25, -0.2) is 33.7 Å². The molecule has 50 heavy (non-hydrogen) atoms. The zero-order chi connectivity index (χ0) is 38.3. The molecule has 26 heteroatoms. The van der Waals surface area contributed by atoms with Crippen LogP contribution in [-0.4, -0.2) is 88.8 Å². The van der Waals surface area contributed by atoms with E-state index >= 15 is 0 Å². The third-order valence-corrected chi connectivity index (χ3v) is 8.34. The van der Waals surface area contributed by atoms with Crippen molar-refractivity contribution in [2.24, 2.45) is 22.9 Å². The van der Waals surface area contributed by atoms with E-state index in [9.17, 15) is 51.9 Å². The highest BCUT2D eigenvalue weighted by molar-refractivity contribution is 7.87. The van der Waals surface area contributed by atoms with Gasteiger partial charge in [0.05, 0.1) is 33.7 Å². The smallest absolute Gasteiger partial charge is 0.336 e. The first-order valence-corrected chi connectivity index (χ1v) is 18.1. The van der Waals surface area contributed by atoms with E-state index in [0.717, 1.165) is 24.3 Å². The van der Waals surface area contributed by atoms with Gasteiger partial charge in [-0.2, -0.15) is 0 Å². The van der Waals surface area contributed by atoms with Gasteiger partial charge in [0.15, 0.2) is 0 Å². The summed E-state index contributed by atoms with van der Waals surface area (Å²) in [7, 11) is -15.5. The lowest BCUT2D eigenvalue weighted by Gasteiger charge is -2.14. The van der Waals surface area contributed by atoms with Gasteiger partial charge in [0.2, 0.25) is 0 Å². The summed E-state index contributed by atoms with van der Waals surface area (Å²) >= 11 is 0. The van der Waals surface area contributed by atoms with Crippen molar-refractivity contribution in [1.82, 2.24) is 0 Å². The van der Waals surface area contributed by atoms with Crippen molar-refractivity contribution < 1.29 is 85.1 Å². The molecular formula is C24H40N8O14S4. The predicted molar refractivity (Wildman–Crippen MR) is 175 cm³/mol. The molecule has 0 saturated heterocycles. The SMILES string of the molecule is C[NH3+].C[NH3+].NC(N)=[NH2+].NC(N)=[NH2+].O.O.O=S(=O)([O-])c1cccc2c(S(=O)(=O)[O-])cccc12.O=S(=O)([O-])c1cccc2c(S(=O)(=O)[O-])cccc12. The Kier molecular flexibility index (Phi) is 23.2. The summed E-state index contributed by atoms with van der Waals surface area (Å²) in [4.78, 5) is -2.20. The Bertz CT molecular complexity index is 1860. The first-order valence-electron chi connectivity index (χ1n) is 12.4. The van der Waals surface area contributed by atoms with E-state index in [1.807, 2.05) is 0 Å². The first-order chi connectivity index (χ1) is 21.9. The fraction of sp³-hybridized carbons (Fsp3) is 0.0833. The number of benzene rings is 4. The first kappa shape index (κ1) is 52.2. The van der Waals surface area contributed by atoms with Crippen molar-refractivity contribution >= 4 is 73.9 Å². The summed E-state index contributed by atoms with van der Waals surface area (Å²) < 4.78 is 132. The maximum Gasteiger partial charge on any atom is 0.336 e. The minimum Gasteiger partial charge on any atom is -0.744 e. The minimum absolute atomic E-state index is 0. The van der Waals surface area contributed by atoms with Crippen LogP contribution in [0.15, 0.2) is 92.4 Å². The van der Waals surface area contributed by atoms with E-state index in [1.165, 1.54) is 48.5 Å². The third kappa shape index (κ3) is 17.2. The Hall–Kier alpha value is -4.58. The summed E-state index contributed by atoms with van der Waals surface area (Å²) in [5, 5.41) is 8.85. The molecule has 0 aliphatic carbocycles. The van der Waals surface area contributed by atoms with Crippen LogP contribution >= 0.6 is 0 Å². The van der Waals surface area contributed by atoms with Gasteiger partial charge >= 0.3 is 11.9 Å². The van der Waals surface area contributed by atoms with Gasteiger partial charge in [-0.1, -0.05) is 48.5 Å². The summed E-state index contributed by atoms with van der Waals surface area (Å²) in [6.07, 6.45) is 0. The van der Waals surface area contributed by atoms with Crippen LogP contribution in [0.5, 0.6) is 0 Å². The number of guanidine groups is 2. The number of fused-ring (bicyclic) bond motifs is 2. The number of quaternary nitrogens is 2. The van der Waals surface area contributed by atoms with Crippen molar-refractivity contribution in [2.75, 3.05) is 14.1 Å². The zero-order valence-electron chi connectivity index (χ0n) is 26.3. The lowest BCUT2D eigenvalue weighted by Crippen LogP contribution is -2.51. The van der Waals surface area contributed by atoms with Crippen LogP contribution in [0.2, 0.25) is 0 Å². The molecule has 0 aliphatic rings. The monoisotopic (exact) mass is 792 g/mol. The third-order valence-electron chi connectivity index (χ3n) is 4.76. The van der Waals surface area contributed by atoms with Crippen LogP contribution < -0.4 is 45.2 Å². The lowest BCUT2D eigenvalue weighted by molar-refractivity contribution is -0.325. The molecule has 4 aromatic carbocycles. The molecule has 0 spiro atoms. The van der Waals surface area contributed by atoms with Gasteiger partial charge < -0.3 is 40.6 Å². The molecule has 0 amide bonds. The molecule has 0 fully saturated rings. The van der Waals surface area contributed by atoms with Crippen molar-refractivity contribution in [3.63, 3.8) is 0 Å². The van der Waals surface area contributed by atoms with Gasteiger partial charge in [0, 0.05) is 21.5 Å². The largest absolute Gasteiger partial charge is 0.744 e. The second kappa shape index (κ2) is 22.2. The van der Waals surface area contributed by atoms with Crippen molar-refractivity contribution in [3.8, 4) is 0 Å². The van der Waals surface area contributed by atoms with E-state index in [2.05, 4.69) is 45.2 Å². The van der Waals surface area contributed by atoms with Crippen molar-refractivity contribution in [1.29, 1.82) is 0 Å². The fourth-order valence-electron chi connectivity index (χ4n) is 3.38. The number of hydrogen-bond donors (Lipinski definition) is 8. The highest BCUT2D eigenvalue weighted by atomic mass is 32.2. The Morgan fingerprint density at radius 1 is 0.440 bits per heavy atom. The summed E-state index contributed by atoms with van der Waals surface area (Å²) in [5.41, 5.74) is 24.8. The Morgan fingerprint density at radius 2 is 0.560 bits per heavy atom. The summed E-state index contributed by atoms with van der Waals surface area (Å²) in [6.45, 7) is 0. The molecule has 0 saturated carbocycles. The van der Waals surface area contributed by atoms with Crippen molar-refractivity contribution in [3.05, 3.63) is 72.8 Å². The molecule has 0 heterocycles. The fourth-order valence-corrected chi connectivity index (χ4v) is 6.15. The quantitative estimate of drug-likeness (QED) is 0.0540. The number of rotatable bonds is 4. The van der Waals surface area contributed by atoms with Crippen LogP contribution in [0.1, 0.15) is 0 Å².